The number of halogens is 1. The maximum atomic E-state index is 12.1. The first-order chi connectivity index (χ1) is 8.15. The van der Waals surface area contributed by atoms with Gasteiger partial charge in [-0.05, 0) is 28.1 Å². The van der Waals surface area contributed by atoms with Crippen LogP contribution in [0.4, 0.5) is 0 Å². The Morgan fingerprint density at radius 1 is 1.41 bits per heavy atom. The van der Waals surface area contributed by atoms with E-state index in [2.05, 4.69) is 20.9 Å². The van der Waals surface area contributed by atoms with E-state index in [1.807, 2.05) is 0 Å². The lowest BCUT2D eigenvalue weighted by Gasteiger charge is -2.06. The fourth-order valence-corrected chi connectivity index (χ4v) is 2.09. The number of rotatable bonds is 3. The Bertz CT molecular complexity index is 660. The van der Waals surface area contributed by atoms with Crippen molar-refractivity contribution in [3.05, 3.63) is 43.5 Å². The third-order valence-electron chi connectivity index (χ3n) is 2.49. The first-order valence-corrected chi connectivity index (χ1v) is 5.84. The van der Waals surface area contributed by atoms with E-state index in [9.17, 15) is 9.59 Å². The zero-order valence-electron chi connectivity index (χ0n) is 9.20. The van der Waals surface area contributed by atoms with Gasteiger partial charge in [0.25, 0.3) is 5.56 Å². The van der Waals surface area contributed by atoms with Crippen molar-refractivity contribution in [3.8, 4) is 0 Å². The molecule has 0 saturated carbocycles. The molecule has 0 aliphatic carbocycles. The zero-order chi connectivity index (χ0) is 12.4. The molecule has 0 amide bonds. The Hall–Kier alpha value is -1.40. The van der Waals surface area contributed by atoms with Crippen LogP contribution in [0.1, 0.15) is 0 Å². The number of hydrogen-bond acceptors (Lipinski definition) is 3. The molecule has 0 radical (unpaired) electrons. The van der Waals surface area contributed by atoms with Gasteiger partial charge in [-0.1, -0.05) is 6.07 Å². The summed E-state index contributed by atoms with van der Waals surface area (Å²) in [7, 11) is 1.52. The van der Waals surface area contributed by atoms with Crippen molar-refractivity contribution < 1.29 is 4.74 Å². The van der Waals surface area contributed by atoms with E-state index in [4.69, 9.17) is 4.74 Å². The van der Waals surface area contributed by atoms with Gasteiger partial charge in [0.1, 0.15) is 0 Å². The van der Waals surface area contributed by atoms with Gasteiger partial charge in [0.05, 0.1) is 24.1 Å². The van der Waals surface area contributed by atoms with Gasteiger partial charge in [-0.25, -0.2) is 4.79 Å². The van der Waals surface area contributed by atoms with Gasteiger partial charge >= 0.3 is 5.69 Å². The van der Waals surface area contributed by atoms with Crippen LogP contribution in [0.15, 0.2) is 32.3 Å². The summed E-state index contributed by atoms with van der Waals surface area (Å²) in [5.74, 6) is 0. The quantitative estimate of drug-likeness (QED) is 0.923. The number of hydrogen-bond donors (Lipinski definition) is 1. The predicted molar refractivity (Wildman–Crippen MR) is 68.4 cm³/mol. The lowest BCUT2D eigenvalue weighted by molar-refractivity contribution is 0.185. The molecule has 0 bridgehead atoms. The van der Waals surface area contributed by atoms with Gasteiger partial charge in [-0.3, -0.25) is 9.36 Å². The minimum absolute atomic E-state index is 0.243. The summed E-state index contributed by atoms with van der Waals surface area (Å²) in [5, 5.41) is 0.482. The number of para-hydroxylation sites is 1. The van der Waals surface area contributed by atoms with Gasteiger partial charge in [-0.15, -0.1) is 0 Å². The summed E-state index contributed by atoms with van der Waals surface area (Å²) in [4.78, 5) is 26.5. The Kier molecular flexibility index (Phi) is 3.44. The third kappa shape index (κ3) is 2.18. The molecule has 0 spiro atoms. The maximum Gasteiger partial charge on any atom is 0.328 e. The Balaban J connectivity index is 2.73. The van der Waals surface area contributed by atoms with Gasteiger partial charge < -0.3 is 9.72 Å². The minimum Gasteiger partial charge on any atom is -0.383 e. The van der Waals surface area contributed by atoms with Crippen LogP contribution in [0.2, 0.25) is 0 Å². The van der Waals surface area contributed by atoms with Gasteiger partial charge in [0.15, 0.2) is 0 Å². The summed E-state index contributed by atoms with van der Waals surface area (Å²) in [6.07, 6.45) is 0. The van der Waals surface area contributed by atoms with Crippen LogP contribution < -0.4 is 11.2 Å². The first-order valence-electron chi connectivity index (χ1n) is 5.05. The topological polar surface area (TPSA) is 64.1 Å². The number of benzene rings is 1. The lowest BCUT2D eigenvalue weighted by Crippen LogP contribution is -2.36. The number of H-pyrrole nitrogens is 1. The molecule has 1 aromatic carbocycles. The van der Waals surface area contributed by atoms with E-state index < -0.39 is 5.69 Å². The molecular weight excluding hydrogens is 288 g/mol. The smallest absolute Gasteiger partial charge is 0.328 e. The minimum atomic E-state index is -0.425. The molecule has 1 aromatic heterocycles. The van der Waals surface area contributed by atoms with Crippen LogP contribution in [-0.2, 0) is 11.3 Å². The molecular formula is C11H11BrN2O3. The van der Waals surface area contributed by atoms with Crippen molar-refractivity contribution in [2.45, 2.75) is 6.54 Å². The highest BCUT2D eigenvalue weighted by Crippen LogP contribution is 2.17. The van der Waals surface area contributed by atoms with E-state index >= 15 is 0 Å². The Labute approximate surface area is 105 Å². The molecule has 5 nitrogen and oxygen atoms in total. The number of nitrogens with one attached hydrogen (secondary N) is 1. The molecule has 0 aliphatic rings. The maximum absolute atomic E-state index is 12.1. The van der Waals surface area contributed by atoms with Crippen molar-refractivity contribution in [2.24, 2.45) is 0 Å². The number of aromatic amines is 1. The molecule has 0 atom stereocenters. The summed E-state index contributed by atoms with van der Waals surface area (Å²) in [6.45, 7) is 0.565. The van der Waals surface area contributed by atoms with Crippen molar-refractivity contribution in [2.75, 3.05) is 13.7 Å². The van der Waals surface area contributed by atoms with Gasteiger partial charge in [0, 0.05) is 11.6 Å². The largest absolute Gasteiger partial charge is 0.383 e. The molecule has 0 aliphatic heterocycles. The van der Waals surface area contributed by atoms with Crippen LogP contribution in [0.25, 0.3) is 10.9 Å². The average molecular weight is 299 g/mol. The van der Waals surface area contributed by atoms with E-state index in [0.29, 0.717) is 22.0 Å². The van der Waals surface area contributed by atoms with Gasteiger partial charge in [0.2, 0.25) is 0 Å². The fraction of sp³-hybridized carbons (Fsp3) is 0.273. The summed E-state index contributed by atoms with van der Waals surface area (Å²) < 4.78 is 6.70. The van der Waals surface area contributed by atoms with E-state index in [1.165, 1.54) is 7.11 Å². The molecule has 1 heterocycles. The molecule has 6 heteroatoms. The second kappa shape index (κ2) is 4.85. The molecule has 0 saturated heterocycles. The second-order valence-electron chi connectivity index (χ2n) is 3.54. The van der Waals surface area contributed by atoms with Crippen LogP contribution >= 0.6 is 15.9 Å². The average Bonchev–Trinajstić information content (AvgIpc) is 2.31. The van der Waals surface area contributed by atoms with E-state index in [-0.39, 0.29) is 12.1 Å². The molecule has 17 heavy (non-hydrogen) atoms. The number of aromatic nitrogens is 2. The fourth-order valence-electron chi connectivity index (χ4n) is 1.63. The highest BCUT2D eigenvalue weighted by atomic mass is 79.9. The third-order valence-corrected chi connectivity index (χ3v) is 3.15. The predicted octanol–water partition coefficient (Wildman–Crippen LogP) is 1.10. The monoisotopic (exact) mass is 298 g/mol. The van der Waals surface area contributed by atoms with E-state index in [0.717, 1.165) is 4.57 Å². The first kappa shape index (κ1) is 12.1. The summed E-state index contributed by atoms with van der Waals surface area (Å²) >= 11 is 3.30. The van der Waals surface area contributed by atoms with Crippen molar-refractivity contribution in [3.63, 3.8) is 0 Å². The molecule has 0 fully saturated rings. The van der Waals surface area contributed by atoms with E-state index in [1.54, 1.807) is 18.2 Å². The van der Waals surface area contributed by atoms with Gasteiger partial charge in [-0.2, -0.15) is 0 Å². The molecule has 0 unspecified atom stereocenters. The number of fused-ring (bicyclic) bond motifs is 1. The standard InChI is InChI=1S/C11H11BrN2O3/c1-17-6-5-14-10(15)7-3-2-4-8(12)9(7)13-11(14)16/h2-4H,5-6H2,1H3,(H,13,16). The normalized spacial score (nSPS) is 10.9. The van der Waals surface area contributed by atoms with Crippen LogP contribution in [0, 0.1) is 0 Å². The Morgan fingerprint density at radius 3 is 2.88 bits per heavy atom. The lowest BCUT2D eigenvalue weighted by atomic mass is 10.2. The number of nitrogens with zero attached hydrogens (tertiary/aromatic N) is 1. The van der Waals surface area contributed by atoms with Crippen molar-refractivity contribution in [1.82, 2.24) is 9.55 Å². The summed E-state index contributed by atoms with van der Waals surface area (Å²) in [5.41, 5.74) is -0.204. The van der Waals surface area contributed by atoms with Crippen LogP contribution in [-0.4, -0.2) is 23.3 Å². The van der Waals surface area contributed by atoms with Crippen molar-refractivity contribution in [1.29, 1.82) is 0 Å². The second-order valence-corrected chi connectivity index (χ2v) is 4.40. The van der Waals surface area contributed by atoms with Crippen LogP contribution in [0.5, 0.6) is 0 Å². The molecule has 90 valence electrons. The highest BCUT2D eigenvalue weighted by Gasteiger charge is 2.08. The number of methoxy groups -OCH3 is 1. The molecule has 2 rings (SSSR count). The highest BCUT2D eigenvalue weighted by molar-refractivity contribution is 9.10. The summed E-state index contributed by atoms with van der Waals surface area (Å²) in [6, 6.07) is 5.21. The number of ether oxygens (including phenoxy) is 1. The zero-order valence-corrected chi connectivity index (χ0v) is 10.8. The Morgan fingerprint density at radius 2 is 2.18 bits per heavy atom. The SMILES string of the molecule is COCCn1c(=O)[nH]c2c(Br)cccc2c1=O. The molecule has 2 aromatic rings. The van der Waals surface area contributed by atoms with Crippen molar-refractivity contribution >= 4 is 26.8 Å². The van der Waals surface area contributed by atoms with Crippen LogP contribution in [0.3, 0.4) is 0 Å². The molecule has 1 N–H and O–H groups in total.